The summed E-state index contributed by atoms with van der Waals surface area (Å²) in [5.41, 5.74) is 2.59. The third kappa shape index (κ3) is 4.36. The van der Waals surface area contributed by atoms with Crippen LogP contribution >= 0.6 is 0 Å². The molecule has 0 bridgehead atoms. The number of allylic oxidation sites excluding steroid dienone is 2. The quantitative estimate of drug-likeness (QED) is 0.811. The van der Waals surface area contributed by atoms with Crippen LogP contribution in [0.2, 0.25) is 0 Å². The van der Waals surface area contributed by atoms with E-state index in [1.54, 1.807) is 0 Å². The van der Waals surface area contributed by atoms with Gasteiger partial charge in [-0.25, -0.2) is 0 Å². The van der Waals surface area contributed by atoms with Crippen molar-refractivity contribution in [2.75, 3.05) is 13.2 Å². The first kappa shape index (κ1) is 15.1. The zero-order chi connectivity index (χ0) is 14.6. The standard InChI is InChI=1S/C17H25NO2/c1-17(2,3)18-11-14(19)12-20-16-10-6-8-13-7-4-5-9-15(13)16/h4-6,8,10,14,18-19H,7,9,11-12H2,1-3H3/t14-/m1/s1. The van der Waals surface area contributed by atoms with Gasteiger partial charge < -0.3 is 15.2 Å². The predicted octanol–water partition coefficient (Wildman–Crippen LogP) is 2.47. The van der Waals surface area contributed by atoms with E-state index in [0.717, 1.165) is 18.6 Å². The third-order valence-corrected chi connectivity index (χ3v) is 3.36. The average Bonchev–Trinajstić information content (AvgIpc) is 2.42. The maximum Gasteiger partial charge on any atom is 0.123 e. The number of benzene rings is 1. The van der Waals surface area contributed by atoms with Gasteiger partial charge in [0.05, 0.1) is 0 Å². The van der Waals surface area contributed by atoms with E-state index < -0.39 is 6.10 Å². The Morgan fingerprint density at radius 3 is 2.75 bits per heavy atom. The molecular formula is C17H25NO2. The lowest BCUT2D eigenvalue weighted by Crippen LogP contribution is -2.42. The molecule has 1 aliphatic carbocycles. The van der Waals surface area contributed by atoms with Crippen molar-refractivity contribution in [3.05, 3.63) is 41.5 Å². The smallest absolute Gasteiger partial charge is 0.123 e. The van der Waals surface area contributed by atoms with Gasteiger partial charge in [0.1, 0.15) is 18.5 Å². The Labute approximate surface area is 121 Å². The van der Waals surface area contributed by atoms with E-state index in [1.165, 1.54) is 11.1 Å². The molecule has 1 aromatic carbocycles. The minimum absolute atomic E-state index is 0.0116. The molecule has 0 saturated heterocycles. The van der Waals surface area contributed by atoms with Crippen molar-refractivity contribution in [2.45, 2.75) is 45.3 Å². The first-order chi connectivity index (χ1) is 9.46. The Bertz CT molecular complexity index is 474. The molecule has 2 N–H and O–H groups in total. The summed E-state index contributed by atoms with van der Waals surface area (Å²) in [6.45, 7) is 7.11. The lowest BCUT2D eigenvalue weighted by molar-refractivity contribution is 0.0996. The molecule has 3 nitrogen and oxygen atoms in total. The van der Waals surface area contributed by atoms with Gasteiger partial charge in [-0.05, 0) is 45.2 Å². The highest BCUT2D eigenvalue weighted by molar-refractivity contribution is 5.44. The fourth-order valence-corrected chi connectivity index (χ4v) is 2.25. The second-order valence-corrected chi connectivity index (χ2v) is 6.37. The number of aliphatic hydroxyl groups excluding tert-OH is 1. The van der Waals surface area contributed by atoms with Crippen LogP contribution in [0.4, 0.5) is 0 Å². The summed E-state index contributed by atoms with van der Waals surface area (Å²) in [6.07, 6.45) is 5.76. The molecule has 0 amide bonds. The molecule has 0 aromatic heterocycles. The molecule has 0 fully saturated rings. The van der Waals surface area contributed by atoms with Crippen LogP contribution in [0.5, 0.6) is 5.75 Å². The number of hydrogen-bond donors (Lipinski definition) is 2. The lowest BCUT2D eigenvalue weighted by Gasteiger charge is -2.23. The Morgan fingerprint density at radius 1 is 1.25 bits per heavy atom. The number of hydrogen-bond acceptors (Lipinski definition) is 3. The molecule has 0 radical (unpaired) electrons. The van der Waals surface area contributed by atoms with E-state index in [1.807, 2.05) is 12.1 Å². The molecular weight excluding hydrogens is 250 g/mol. The van der Waals surface area contributed by atoms with Gasteiger partial charge in [-0.3, -0.25) is 0 Å². The van der Waals surface area contributed by atoms with E-state index >= 15 is 0 Å². The van der Waals surface area contributed by atoms with E-state index in [-0.39, 0.29) is 5.54 Å². The Kier molecular flexibility index (Phi) is 4.84. The highest BCUT2D eigenvalue weighted by Gasteiger charge is 2.14. The number of nitrogens with one attached hydrogen (secondary N) is 1. The molecule has 1 aliphatic rings. The van der Waals surface area contributed by atoms with Crippen LogP contribution in [-0.4, -0.2) is 29.9 Å². The fourth-order valence-electron chi connectivity index (χ4n) is 2.25. The summed E-state index contributed by atoms with van der Waals surface area (Å²) in [4.78, 5) is 0. The zero-order valence-corrected chi connectivity index (χ0v) is 12.6. The minimum Gasteiger partial charge on any atom is -0.491 e. The number of β-amino-alcohol motifs (C(OH)–C–C–N with tert-alkyl or cyclic N) is 1. The fraction of sp³-hybridized carbons (Fsp3) is 0.529. The lowest BCUT2D eigenvalue weighted by atomic mass is 9.96. The van der Waals surface area contributed by atoms with Crippen molar-refractivity contribution in [3.63, 3.8) is 0 Å². The highest BCUT2D eigenvalue weighted by Crippen LogP contribution is 2.26. The van der Waals surface area contributed by atoms with Crippen LogP contribution in [0.15, 0.2) is 30.4 Å². The molecule has 0 aliphatic heterocycles. The molecule has 0 saturated carbocycles. The van der Waals surface area contributed by atoms with Crippen molar-refractivity contribution in [1.29, 1.82) is 0 Å². The Hall–Kier alpha value is -1.32. The van der Waals surface area contributed by atoms with Crippen LogP contribution in [0.3, 0.4) is 0 Å². The topological polar surface area (TPSA) is 41.5 Å². The summed E-state index contributed by atoms with van der Waals surface area (Å²) in [6, 6.07) is 6.15. The predicted molar refractivity (Wildman–Crippen MR) is 82.2 cm³/mol. The Balaban J connectivity index is 1.89. The summed E-state index contributed by atoms with van der Waals surface area (Å²) < 4.78 is 5.81. The number of aliphatic hydroxyl groups is 1. The molecule has 0 heterocycles. The van der Waals surface area contributed by atoms with Gasteiger partial charge in [0.15, 0.2) is 0 Å². The minimum atomic E-state index is -0.496. The number of fused-ring (bicyclic) bond motifs is 1. The first-order valence-corrected chi connectivity index (χ1v) is 7.27. The van der Waals surface area contributed by atoms with Crippen LogP contribution < -0.4 is 10.1 Å². The molecule has 1 atom stereocenters. The third-order valence-electron chi connectivity index (χ3n) is 3.36. The number of ether oxygens (including phenoxy) is 1. The normalized spacial score (nSPS) is 15.8. The van der Waals surface area contributed by atoms with Crippen molar-refractivity contribution < 1.29 is 9.84 Å². The van der Waals surface area contributed by atoms with Gasteiger partial charge in [-0.1, -0.05) is 24.3 Å². The monoisotopic (exact) mass is 275 g/mol. The van der Waals surface area contributed by atoms with E-state index in [9.17, 15) is 5.11 Å². The number of rotatable bonds is 5. The second-order valence-electron chi connectivity index (χ2n) is 6.37. The molecule has 2 rings (SSSR count). The van der Waals surface area contributed by atoms with Crippen LogP contribution in [0.25, 0.3) is 0 Å². The molecule has 1 aromatic rings. The molecule has 110 valence electrons. The van der Waals surface area contributed by atoms with Gasteiger partial charge in [-0.15, -0.1) is 0 Å². The van der Waals surface area contributed by atoms with Crippen molar-refractivity contribution in [1.82, 2.24) is 5.32 Å². The highest BCUT2D eigenvalue weighted by atomic mass is 16.5. The van der Waals surface area contributed by atoms with Crippen molar-refractivity contribution in [3.8, 4) is 5.75 Å². The van der Waals surface area contributed by atoms with Crippen LogP contribution in [0.1, 0.15) is 31.9 Å². The second kappa shape index (κ2) is 6.42. The SMILES string of the molecule is CC(C)(C)NC[C@@H](O)COc1cccc2c1CC=CC2. The van der Waals surface area contributed by atoms with Gasteiger partial charge in [0, 0.05) is 17.6 Å². The maximum absolute atomic E-state index is 9.98. The van der Waals surface area contributed by atoms with Gasteiger partial charge in [-0.2, -0.15) is 0 Å². The molecule has 0 unspecified atom stereocenters. The first-order valence-electron chi connectivity index (χ1n) is 7.27. The van der Waals surface area contributed by atoms with E-state index in [4.69, 9.17) is 4.74 Å². The van der Waals surface area contributed by atoms with Crippen molar-refractivity contribution in [2.24, 2.45) is 0 Å². The molecule has 0 spiro atoms. The summed E-state index contributed by atoms with van der Waals surface area (Å²) in [5, 5.41) is 13.3. The van der Waals surface area contributed by atoms with E-state index in [0.29, 0.717) is 13.2 Å². The van der Waals surface area contributed by atoms with Gasteiger partial charge >= 0.3 is 0 Å². The van der Waals surface area contributed by atoms with Crippen LogP contribution in [0, 0.1) is 0 Å². The average molecular weight is 275 g/mol. The summed E-state index contributed by atoms with van der Waals surface area (Å²) in [7, 11) is 0. The van der Waals surface area contributed by atoms with Gasteiger partial charge in [0.25, 0.3) is 0 Å². The molecule has 3 heteroatoms. The maximum atomic E-state index is 9.98. The summed E-state index contributed by atoms with van der Waals surface area (Å²) in [5.74, 6) is 0.904. The van der Waals surface area contributed by atoms with E-state index in [2.05, 4.69) is 44.3 Å². The molecule has 20 heavy (non-hydrogen) atoms. The zero-order valence-electron chi connectivity index (χ0n) is 12.6. The van der Waals surface area contributed by atoms with Gasteiger partial charge in [0.2, 0.25) is 0 Å². The summed E-state index contributed by atoms with van der Waals surface area (Å²) >= 11 is 0. The van der Waals surface area contributed by atoms with Crippen LogP contribution in [-0.2, 0) is 12.8 Å². The largest absolute Gasteiger partial charge is 0.491 e. The van der Waals surface area contributed by atoms with Crippen molar-refractivity contribution >= 4 is 0 Å². The Morgan fingerprint density at radius 2 is 2.00 bits per heavy atom.